The number of hydrogen-bond acceptors (Lipinski definition) is 2. The molecule has 2 amide bonds. The fourth-order valence-corrected chi connectivity index (χ4v) is 3.80. The molecular formula is C26H27ClN2O2. The van der Waals surface area contributed by atoms with Crippen molar-refractivity contribution in [2.45, 2.75) is 32.4 Å². The Bertz CT molecular complexity index is 1040. The maximum absolute atomic E-state index is 13.5. The molecule has 4 nitrogen and oxygen atoms in total. The van der Waals surface area contributed by atoms with Crippen LogP contribution in [0.15, 0.2) is 78.9 Å². The van der Waals surface area contributed by atoms with Gasteiger partial charge in [0.2, 0.25) is 11.8 Å². The van der Waals surface area contributed by atoms with Crippen LogP contribution in [0, 0.1) is 6.92 Å². The Morgan fingerprint density at radius 1 is 0.903 bits per heavy atom. The molecule has 0 saturated carbocycles. The molecule has 0 unspecified atom stereocenters. The predicted octanol–water partition coefficient (Wildman–Crippen LogP) is 4.58. The standard InChI is InChI=1S/C26H27ClN2O2/c1-19-10-6-7-14-22(19)18-29(25(30)17-21-13-8-9-15-23(21)27)24(26(31)28-2)16-20-11-4-3-5-12-20/h3-15,24H,16-18H2,1-2H3,(H,28,31)/t24-/m0/s1. The van der Waals surface area contributed by atoms with Crippen LogP contribution in [0.4, 0.5) is 0 Å². The first-order chi connectivity index (χ1) is 15.0. The van der Waals surface area contributed by atoms with Gasteiger partial charge in [0.05, 0.1) is 6.42 Å². The molecule has 0 aliphatic rings. The number of hydrogen-bond donors (Lipinski definition) is 1. The van der Waals surface area contributed by atoms with Gasteiger partial charge in [0, 0.05) is 25.0 Å². The number of nitrogens with zero attached hydrogens (tertiary/aromatic N) is 1. The van der Waals surface area contributed by atoms with Crippen molar-refractivity contribution in [2.75, 3.05) is 7.05 Å². The summed E-state index contributed by atoms with van der Waals surface area (Å²) in [5.41, 5.74) is 3.83. The molecule has 0 heterocycles. The van der Waals surface area contributed by atoms with Crippen molar-refractivity contribution in [1.29, 1.82) is 0 Å². The average molecular weight is 435 g/mol. The molecule has 31 heavy (non-hydrogen) atoms. The Hall–Kier alpha value is -3.11. The maximum Gasteiger partial charge on any atom is 0.242 e. The van der Waals surface area contributed by atoms with Gasteiger partial charge in [-0.2, -0.15) is 0 Å². The van der Waals surface area contributed by atoms with Crippen LogP contribution in [-0.4, -0.2) is 29.8 Å². The summed E-state index contributed by atoms with van der Waals surface area (Å²) in [6, 6.07) is 24.4. The largest absolute Gasteiger partial charge is 0.357 e. The van der Waals surface area contributed by atoms with Crippen molar-refractivity contribution in [3.8, 4) is 0 Å². The van der Waals surface area contributed by atoms with E-state index in [9.17, 15) is 9.59 Å². The second-order valence-corrected chi connectivity index (χ2v) is 7.94. The molecule has 0 spiro atoms. The van der Waals surface area contributed by atoms with E-state index in [1.165, 1.54) is 0 Å². The Kier molecular flexibility index (Phi) is 7.85. The molecular weight excluding hydrogens is 408 g/mol. The number of aryl methyl sites for hydroxylation is 1. The summed E-state index contributed by atoms with van der Waals surface area (Å²) in [6.07, 6.45) is 0.564. The van der Waals surface area contributed by atoms with Crippen molar-refractivity contribution in [1.82, 2.24) is 10.2 Å². The highest BCUT2D eigenvalue weighted by molar-refractivity contribution is 6.31. The topological polar surface area (TPSA) is 49.4 Å². The first-order valence-electron chi connectivity index (χ1n) is 10.3. The summed E-state index contributed by atoms with van der Waals surface area (Å²) in [6.45, 7) is 2.36. The quantitative estimate of drug-likeness (QED) is 0.564. The van der Waals surface area contributed by atoms with Gasteiger partial charge in [-0.1, -0.05) is 84.4 Å². The molecule has 5 heteroatoms. The van der Waals surface area contributed by atoms with Crippen LogP contribution in [0.25, 0.3) is 0 Å². The molecule has 3 aromatic rings. The van der Waals surface area contributed by atoms with E-state index < -0.39 is 6.04 Å². The molecule has 0 radical (unpaired) electrons. The Labute approximate surface area is 188 Å². The van der Waals surface area contributed by atoms with Gasteiger partial charge < -0.3 is 10.2 Å². The number of amides is 2. The molecule has 160 valence electrons. The van der Waals surface area contributed by atoms with Crippen molar-refractivity contribution in [3.63, 3.8) is 0 Å². The van der Waals surface area contributed by atoms with E-state index in [1.54, 1.807) is 18.0 Å². The average Bonchev–Trinajstić information content (AvgIpc) is 2.79. The molecule has 0 saturated heterocycles. The van der Waals surface area contributed by atoms with E-state index in [0.717, 1.165) is 22.3 Å². The van der Waals surface area contributed by atoms with E-state index in [2.05, 4.69) is 5.32 Å². The highest BCUT2D eigenvalue weighted by Crippen LogP contribution is 2.21. The first kappa shape index (κ1) is 22.6. The molecule has 0 fully saturated rings. The summed E-state index contributed by atoms with van der Waals surface area (Å²) >= 11 is 6.31. The highest BCUT2D eigenvalue weighted by Gasteiger charge is 2.30. The minimum Gasteiger partial charge on any atom is -0.357 e. The van der Waals surface area contributed by atoms with Crippen LogP contribution in [-0.2, 0) is 29.0 Å². The van der Waals surface area contributed by atoms with Gasteiger partial charge in [-0.25, -0.2) is 0 Å². The van der Waals surface area contributed by atoms with Gasteiger partial charge in [0.1, 0.15) is 6.04 Å². The summed E-state index contributed by atoms with van der Waals surface area (Å²) in [7, 11) is 1.60. The Balaban J connectivity index is 1.97. The number of nitrogens with one attached hydrogen (secondary N) is 1. The number of halogens is 1. The zero-order chi connectivity index (χ0) is 22.2. The van der Waals surface area contributed by atoms with Gasteiger partial charge in [0.25, 0.3) is 0 Å². The van der Waals surface area contributed by atoms with Gasteiger partial charge in [-0.05, 0) is 35.2 Å². The van der Waals surface area contributed by atoms with Crippen molar-refractivity contribution < 1.29 is 9.59 Å². The third-order valence-electron chi connectivity index (χ3n) is 5.42. The van der Waals surface area contributed by atoms with E-state index in [0.29, 0.717) is 18.0 Å². The lowest BCUT2D eigenvalue weighted by atomic mass is 10.0. The minimum atomic E-state index is -0.637. The second kappa shape index (κ2) is 10.8. The van der Waals surface area contributed by atoms with Crippen LogP contribution in [0.1, 0.15) is 22.3 Å². The third-order valence-corrected chi connectivity index (χ3v) is 5.79. The zero-order valence-electron chi connectivity index (χ0n) is 17.8. The smallest absolute Gasteiger partial charge is 0.242 e. The Morgan fingerprint density at radius 3 is 2.16 bits per heavy atom. The molecule has 3 aromatic carbocycles. The van der Waals surface area contributed by atoms with Crippen molar-refractivity contribution in [3.05, 3.63) is 106 Å². The number of rotatable bonds is 8. The number of carbonyl (C=O) groups excluding carboxylic acids is 2. The van der Waals surface area contributed by atoms with Crippen LogP contribution >= 0.6 is 11.6 Å². The lowest BCUT2D eigenvalue weighted by Crippen LogP contribution is -2.50. The van der Waals surface area contributed by atoms with E-state index >= 15 is 0 Å². The van der Waals surface area contributed by atoms with Crippen LogP contribution in [0.3, 0.4) is 0 Å². The minimum absolute atomic E-state index is 0.133. The highest BCUT2D eigenvalue weighted by atomic mass is 35.5. The molecule has 0 aliphatic heterocycles. The predicted molar refractivity (Wildman–Crippen MR) is 125 cm³/mol. The summed E-state index contributed by atoms with van der Waals surface area (Å²) in [4.78, 5) is 28.1. The lowest BCUT2D eigenvalue weighted by Gasteiger charge is -2.32. The molecule has 1 N–H and O–H groups in total. The summed E-state index contributed by atoms with van der Waals surface area (Å²) in [5, 5.41) is 3.28. The van der Waals surface area contributed by atoms with E-state index in [4.69, 9.17) is 11.6 Å². The number of carbonyl (C=O) groups is 2. The third kappa shape index (κ3) is 5.96. The SMILES string of the molecule is CNC(=O)[C@H](Cc1ccccc1)N(Cc1ccccc1C)C(=O)Cc1ccccc1Cl. The van der Waals surface area contributed by atoms with Gasteiger partial charge in [-0.3, -0.25) is 9.59 Å². The van der Waals surface area contributed by atoms with Crippen molar-refractivity contribution in [2.24, 2.45) is 0 Å². The van der Waals surface area contributed by atoms with E-state index in [-0.39, 0.29) is 18.2 Å². The molecule has 1 atom stereocenters. The van der Waals surface area contributed by atoms with Crippen LogP contribution < -0.4 is 5.32 Å². The second-order valence-electron chi connectivity index (χ2n) is 7.54. The van der Waals surface area contributed by atoms with Crippen LogP contribution in [0.5, 0.6) is 0 Å². The van der Waals surface area contributed by atoms with Crippen LogP contribution in [0.2, 0.25) is 5.02 Å². The van der Waals surface area contributed by atoms with Crippen molar-refractivity contribution >= 4 is 23.4 Å². The fraction of sp³-hybridized carbons (Fsp3) is 0.231. The molecule has 0 aromatic heterocycles. The summed E-state index contributed by atoms with van der Waals surface area (Å²) in [5.74, 6) is -0.328. The monoisotopic (exact) mass is 434 g/mol. The summed E-state index contributed by atoms with van der Waals surface area (Å²) < 4.78 is 0. The normalized spacial score (nSPS) is 11.6. The Morgan fingerprint density at radius 2 is 1.52 bits per heavy atom. The lowest BCUT2D eigenvalue weighted by molar-refractivity contribution is -0.140. The number of likely N-dealkylation sites (N-methyl/N-ethyl adjacent to an activating group) is 1. The van der Waals surface area contributed by atoms with Gasteiger partial charge in [0.15, 0.2) is 0 Å². The number of benzene rings is 3. The maximum atomic E-state index is 13.5. The zero-order valence-corrected chi connectivity index (χ0v) is 18.6. The molecule has 0 bridgehead atoms. The van der Waals surface area contributed by atoms with E-state index in [1.807, 2.05) is 79.7 Å². The van der Waals surface area contributed by atoms with Gasteiger partial charge >= 0.3 is 0 Å². The first-order valence-corrected chi connectivity index (χ1v) is 10.7. The fourth-order valence-electron chi connectivity index (χ4n) is 3.60. The molecule has 3 rings (SSSR count). The molecule has 0 aliphatic carbocycles. The van der Waals surface area contributed by atoms with Gasteiger partial charge in [-0.15, -0.1) is 0 Å².